The normalized spacial score (nSPS) is 26.6. The molecule has 1 aliphatic carbocycles. The maximum absolute atomic E-state index is 11.1. The van der Waals surface area contributed by atoms with Crippen LogP contribution in [0.4, 0.5) is 0 Å². The fraction of sp³-hybridized carbons (Fsp3) is 0.714. The van der Waals surface area contributed by atoms with Crippen molar-refractivity contribution in [1.82, 2.24) is 15.1 Å². The summed E-state index contributed by atoms with van der Waals surface area (Å²) in [7, 11) is 1.72. The van der Waals surface area contributed by atoms with Gasteiger partial charge in [0, 0.05) is 20.1 Å². The number of rotatable bonds is 5. The average molecular weight is 281 g/mol. The van der Waals surface area contributed by atoms with E-state index < -0.39 is 11.6 Å². The van der Waals surface area contributed by atoms with Gasteiger partial charge in [0.2, 0.25) is 0 Å². The lowest BCUT2D eigenvalue weighted by Gasteiger charge is -2.35. The predicted molar refractivity (Wildman–Crippen MR) is 74.5 cm³/mol. The van der Waals surface area contributed by atoms with Gasteiger partial charge >= 0.3 is 5.97 Å². The van der Waals surface area contributed by atoms with Crippen molar-refractivity contribution in [2.45, 2.75) is 44.8 Å². The van der Waals surface area contributed by atoms with Gasteiger partial charge in [-0.05, 0) is 18.8 Å². The third kappa shape index (κ3) is 3.37. The topological polar surface area (TPSA) is 87.4 Å². The fourth-order valence-electron chi connectivity index (χ4n) is 3.06. The van der Waals surface area contributed by atoms with Crippen LogP contribution in [0.15, 0.2) is 6.20 Å². The van der Waals surface area contributed by atoms with Crippen molar-refractivity contribution in [3.05, 3.63) is 17.5 Å². The Kier molecular flexibility index (Phi) is 4.45. The number of aromatic carboxylic acids is 1. The lowest BCUT2D eigenvalue weighted by molar-refractivity contribution is -0.0120. The molecule has 2 rings (SSSR count). The quantitative estimate of drug-likeness (QED) is 0.753. The van der Waals surface area contributed by atoms with Crippen LogP contribution in [0, 0.1) is 5.92 Å². The molecule has 6 heteroatoms. The van der Waals surface area contributed by atoms with Crippen LogP contribution in [-0.4, -0.2) is 38.1 Å². The first kappa shape index (κ1) is 15.0. The molecular formula is C14H23N3O3. The first-order chi connectivity index (χ1) is 9.41. The highest BCUT2D eigenvalue weighted by Crippen LogP contribution is 2.31. The first-order valence-electron chi connectivity index (χ1n) is 7.08. The van der Waals surface area contributed by atoms with Gasteiger partial charge in [-0.1, -0.05) is 19.8 Å². The van der Waals surface area contributed by atoms with Gasteiger partial charge in [-0.15, -0.1) is 0 Å². The number of aryl methyl sites for hydroxylation is 1. The number of carboxylic acids is 1. The van der Waals surface area contributed by atoms with Gasteiger partial charge in [-0.2, -0.15) is 5.10 Å². The van der Waals surface area contributed by atoms with E-state index in [1.807, 2.05) is 0 Å². The van der Waals surface area contributed by atoms with Gasteiger partial charge < -0.3 is 15.5 Å². The van der Waals surface area contributed by atoms with Crippen LogP contribution in [0.3, 0.4) is 0 Å². The van der Waals surface area contributed by atoms with Crippen LogP contribution in [0.25, 0.3) is 0 Å². The molecule has 2 unspecified atom stereocenters. The SMILES string of the molecule is CC1CCCC(O)(CNCc2c(C(=O)O)cnn2C)C1. The summed E-state index contributed by atoms with van der Waals surface area (Å²) in [6, 6.07) is 0. The van der Waals surface area contributed by atoms with Crippen LogP contribution >= 0.6 is 0 Å². The number of hydrogen-bond acceptors (Lipinski definition) is 4. The third-order valence-corrected chi connectivity index (χ3v) is 4.11. The van der Waals surface area contributed by atoms with Gasteiger partial charge in [0.05, 0.1) is 17.5 Å². The largest absolute Gasteiger partial charge is 0.478 e. The standard InChI is InChI=1S/C14H23N3O3/c1-10-4-3-5-14(20,6-10)9-15-8-12-11(13(18)19)7-16-17(12)2/h7,10,15,20H,3-6,8-9H2,1-2H3,(H,18,19). The van der Waals surface area contributed by atoms with E-state index >= 15 is 0 Å². The van der Waals surface area contributed by atoms with E-state index in [1.54, 1.807) is 11.7 Å². The summed E-state index contributed by atoms with van der Waals surface area (Å²) in [5.74, 6) is -0.429. The van der Waals surface area contributed by atoms with Gasteiger partial charge in [0.15, 0.2) is 0 Å². The molecule has 6 nitrogen and oxygen atoms in total. The van der Waals surface area contributed by atoms with Crippen LogP contribution in [0.1, 0.15) is 48.7 Å². The molecule has 112 valence electrons. The zero-order chi connectivity index (χ0) is 14.8. The van der Waals surface area contributed by atoms with Crippen molar-refractivity contribution in [1.29, 1.82) is 0 Å². The third-order valence-electron chi connectivity index (χ3n) is 4.11. The van der Waals surface area contributed by atoms with E-state index in [1.165, 1.54) is 12.6 Å². The monoisotopic (exact) mass is 281 g/mol. The molecule has 1 aromatic rings. The molecule has 1 aromatic heterocycles. The minimum Gasteiger partial charge on any atom is -0.478 e. The molecule has 0 saturated heterocycles. The molecule has 0 aliphatic heterocycles. The fourth-order valence-corrected chi connectivity index (χ4v) is 3.06. The molecule has 3 N–H and O–H groups in total. The van der Waals surface area contributed by atoms with Crippen molar-refractivity contribution >= 4 is 5.97 Å². The van der Waals surface area contributed by atoms with Crippen LogP contribution < -0.4 is 5.32 Å². The number of nitrogens with one attached hydrogen (secondary N) is 1. The summed E-state index contributed by atoms with van der Waals surface area (Å²) in [5, 5.41) is 26.7. The predicted octanol–water partition coefficient (Wildman–Crippen LogP) is 1.15. The van der Waals surface area contributed by atoms with Gasteiger partial charge in [-0.3, -0.25) is 4.68 Å². The number of carbonyl (C=O) groups is 1. The lowest BCUT2D eigenvalue weighted by Crippen LogP contribution is -2.44. The lowest BCUT2D eigenvalue weighted by atomic mass is 9.79. The highest BCUT2D eigenvalue weighted by molar-refractivity contribution is 5.88. The first-order valence-corrected chi connectivity index (χ1v) is 7.08. The number of hydrogen-bond donors (Lipinski definition) is 3. The Balaban J connectivity index is 1.93. The van der Waals surface area contributed by atoms with Crippen LogP contribution in [0.2, 0.25) is 0 Å². The molecule has 2 atom stereocenters. The molecular weight excluding hydrogens is 258 g/mol. The molecule has 0 amide bonds. The maximum atomic E-state index is 11.1. The summed E-state index contributed by atoms with van der Waals surface area (Å²) in [5.41, 5.74) is 0.175. The number of carboxylic acid groups (broad SMARTS) is 1. The summed E-state index contributed by atoms with van der Waals surface area (Å²) in [6.07, 6.45) is 5.19. The van der Waals surface area contributed by atoms with E-state index in [2.05, 4.69) is 17.3 Å². The summed E-state index contributed by atoms with van der Waals surface area (Å²) >= 11 is 0. The minimum absolute atomic E-state index is 0.212. The number of aromatic nitrogens is 2. The second-order valence-electron chi connectivity index (χ2n) is 5.96. The number of aliphatic hydroxyl groups is 1. The zero-order valence-corrected chi connectivity index (χ0v) is 12.1. The van der Waals surface area contributed by atoms with Crippen molar-refractivity contribution < 1.29 is 15.0 Å². The molecule has 0 spiro atoms. The van der Waals surface area contributed by atoms with Crippen molar-refractivity contribution in [2.24, 2.45) is 13.0 Å². The van der Waals surface area contributed by atoms with E-state index in [0.717, 1.165) is 19.3 Å². The molecule has 0 bridgehead atoms. The van der Waals surface area contributed by atoms with Crippen LogP contribution in [-0.2, 0) is 13.6 Å². The minimum atomic E-state index is -0.972. The Labute approximate surface area is 118 Å². The van der Waals surface area contributed by atoms with Gasteiger partial charge in [0.25, 0.3) is 0 Å². The number of nitrogens with zero attached hydrogens (tertiary/aromatic N) is 2. The van der Waals surface area contributed by atoms with E-state index in [-0.39, 0.29) is 5.56 Å². The Bertz CT molecular complexity index is 486. The summed E-state index contributed by atoms with van der Waals surface area (Å²) < 4.78 is 1.56. The van der Waals surface area contributed by atoms with Gasteiger partial charge in [-0.25, -0.2) is 4.79 Å². The summed E-state index contributed by atoms with van der Waals surface area (Å²) in [6.45, 7) is 3.05. The second-order valence-corrected chi connectivity index (χ2v) is 5.96. The van der Waals surface area contributed by atoms with Crippen LogP contribution in [0.5, 0.6) is 0 Å². The highest BCUT2D eigenvalue weighted by Gasteiger charge is 2.32. The van der Waals surface area contributed by atoms with Gasteiger partial charge in [0.1, 0.15) is 5.56 Å². The summed E-state index contributed by atoms with van der Waals surface area (Å²) in [4.78, 5) is 11.1. The highest BCUT2D eigenvalue weighted by atomic mass is 16.4. The molecule has 1 fully saturated rings. The van der Waals surface area contributed by atoms with Crippen molar-refractivity contribution in [2.75, 3.05) is 6.54 Å². The van der Waals surface area contributed by atoms with E-state index in [4.69, 9.17) is 5.11 Å². The Morgan fingerprint density at radius 1 is 1.65 bits per heavy atom. The zero-order valence-electron chi connectivity index (χ0n) is 12.1. The average Bonchev–Trinajstić information content (AvgIpc) is 2.71. The molecule has 1 heterocycles. The Morgan fingerprint density at radius 3 is 3.05 bits per heavy atom. The van der Waals surface area contributed by atoms with E-state index in [0.29, 0.717) is 24.7 Å². The Hall–Kier alpha value is -1.40. The molecule has 1 aliphatic rings. The molecule has 20 heavy (non-hydrogen) atoms. The van der Waals surface area contributed by atoms with E-state index in [9.17, 15) is 9.90 Å². The molecule has 1 saturated carbocycles. The Morgan fingerprint density at radius 2 is 2.40 bits per heavy atom. The molecule has 0 aromatic carbocycles. The smallest absolute Gasteiger partial charge is 0.339 e. The second kappa shape index (κ2) is 5.93. The molecule has 0 radical (unpaired) electrons. The van der Waals surface area contributed by atoms with Crippen molar-refractivity contribution in [3.8, 4) is 0 Å². The maximum Gasteiger partial charge on any atom is 0.339 e. The van der Waals surface area contributed by atoms with Crippen molar-refractivity contribution in [3.63, 3.8) is 0 Å².